The number of hydrogen-bond donors (Lipinski definition) is 1. The molecule has 2 fully saturated rings. The van der Waals surface area contributed by atoms with Gasteiger partial charge in [-0.15, -0.1) is 0 Å². The van der Waals surface area contributed by atoms with Crippen molar-refractivity contribution in [2.45, 2.75) is 51.5 Å². The second kappa shape index (κ2) is 7.99. The van der Waals surface area contributed by atoms with E-state index in [4.69, 9.17) is 0 Å². The molecule has 0 spiro atoms. The zero-order chi connectivity index (χ0) is 19.7. The number of hydrogen-bond acceptors (Lipinski definition) is 5. The Morgan fingerprint density at radius 2 is 2.00 bits per heavy atom. The summed E-state index contributed by atoms with van der Waals surface area (Å²) in [4.78, 5) is 14.1. The minimum Gasteiger partial charge on any atom is -0.356 e. The van der Waals surface area contributed by atoms with E-state index in [9.17, 15) is 8.42 Å². The number of sulfonamides is 1. The Bertz CT molecular complexity index is 904. The van der Waals surface area contributed by atoms with Crippen LogP contribution in [0.4, 0.5) is 5.82 Å². The molecule has 1 atom stereocenters. The first-order valence-electron chi connectivity index (χ1n) is 10.4. The predicted molar refractivity (Wildman–Crippen MR) is 112 cm³/mol. The van der Waals surface area contributed by atoms with Crippen molar-refractivity contribution in [3.05, 3.63) is 18.6 Å². The van der Waals surface area contributed by atoms with E-state index in [1.54, 1.807) is 10.6 Å². The van der Waals surface area contributed by atoms with Crippen molar-refractivity contribution in [2.24, 2.45) is 11.8 Å². The van der Waals surface area contributed by atoms with E-state index >= 15 is 0 Å². The molecule has 0 amide bonds. The van der Waals surface area contributed by atoms with E-state index in [1.165, 1.54) is 0 Å². The zero-order valence-corrected chi connectivity index (χ0v) is 17.7. The van der Waals surface area contributed by atoms with Crippen LogP contribution in [0.3, 0.4) is 0 Å². The van der Waals surface area contributed by atoms with Gasteiger partial charge in [-0.1, -0.05) is 6.92 Å². The molecule has 2 aromatic heterocycles. The molecular weight excluding hydrogens is 374 g/mol. The lowest BCUT2D eigenvalue weighted by Crippen LogP contribution is -2.43. The molecule has 2 aromatic rings. The minimum absolute atomic E-state index is 0.268. The van der Waals surface area contributed by atoms with E-state index in [2.05, 4.69) is 33.8 Å². The zero-order valence-electron chi connectivity index (χ0n) is 16.8. The Kier molecular flexibility index (Phi) is 5.60. The molecule has 1 aliphatic carbocycles. The third-order valence-corrected chi connectivity index (χ3v) is 8.50. The molecule has 2 aliphatic rings. The van der Waals surface area contributed by atoms with Crippen molar-refractivity contribution in [1.29, 1.82) is 0 Å². The standard InChI is InChI=1S/C20H31N5O2S/c1-15-4-3-11-25(12-15)28(26,27)13-16-5-7-17(8-6-16)24(2)20-18-9-10-21-19(18)22-14-23-20/h9-10,14-17H,3-8,11-13H2,1-2H3,(H,21,22,23)/t15-,16-,17-/m0/s1. The lowest BCUT2D eigenvalue weighted by atomic mass is 9.86. The van der Waals surface area contributed by atoms with Crippen LogP contribution in [0.1, 0.15) is 45.4 Å². The number of nitrogens with zero attached hydrogens (tertiary/aromatic N) is 4. The van der Waals surface area contributed by atoms with Crippen LogP contribution in [0.15, 0.2) is 18.6 Å². The maximum Gasteiger partial charge on any atom is 0.214 e. The second-order valence-electron chi connectivity index (χ2n) is 8.61. The molecule has 1 N–H and O–H groups in total. The summed E-state index contributed by atoms with van der Waals surface area (Å²) in [5.41, 5.74) is 0.854. The van der Waals surface area contributed by atoms with Gasteiger partial charge in [0.25, 0.3) is 0 Å². The van der Waals surface area contributed by atoms with Crippen molar-refractivity contribution in [1.82, 2.24) is 19.3 Å². The molecule has 0 radical (unpaired) electrons. The van der Waals surface area contributed by atoms with Gasteiger partial charge in [-0.2, -0.15) is 0 Å². The van der Waals surface area contributed by atoms with Gasteiger partial charge in [0.2, 0.25) is 10.0 Å². The van der Waals surface area contributed by atoms with E-state index in [-0.39, 0.29) is 5.92 Å². The first-order valence-corrected chi connectivity index (χ1v) is 12.0. The topological polar surface area (TPSA) is 82.2 Å². The van der Waals surface area contributed by atoms with E-state index < -0.39 is 10.0 Å². The molecular formula is C20H31N5O2S. The van der Waals surface area contributed by atoms with Gasteiger partial charge in [0.05, 0.1) is 11.1 Å². The monoisotopic (exact) mass is 405 g/mol. The summed E-state index contributed by atoms with van der Waals surface area (Å²) in [5.74, 6) is 2.01. The highest BCUT2D eigenvalue weighted by Crippen LogP contribution is 2.32. The molecule has 1 saturated heterocycles. The van der Waals surface area contributed by atoms with Crippen molar-refractivity contribution in [3.63, 3.8) is 0 Å². The third kappa shape index (κ3) is 4.03. The van der Waals surface area contributed by atoms with Crippen LogP contribution >= 0.6 is 0 Å². The Morgan fingerprint density at radius 1 is 1.21 bits per heavy atom. The first kappa shape index (κ1) is 19.6. The maximum atomic E-state index is 12.8. The van der Waals surface area contributed by atoms with Gasteiger partial charge >= 0.3 is 0 Å². The highest BCUT2D eigenvalue weighted by molar-refractivity contribution is 7.89. The molecule has 0 aromatic carbocycles. The summed E-state index contributed by atoms with van der Waals surface area (Å²) in [6, 6.07) is 2.40. The largest absolute Gasteiger partial charge is 0.356 e. The van der Waals surface area contributed by atoms with Crippen LogP contribution in [-0.2, 0) is 10.0 Å². The summed E-state index contributed by atoms with van der Waals surface area (Å²) in [7, 11) is -1.04. The average Bonchev–Trinajstić information content (AvgIpc) is 3.17. The number of anilines is 1. The van der Waals surface area contributed by atoms with E-state index in [0.717, 1.165) is 55.4 Å². The number of aromatic nitrogens is 3. The molecule has 1 aliphatic heterocycles. The van der Waals surface area contributed by atoms with Crippen molar-refractivity contribution >= 4 is 26.9 Å². The molecule has 0 unspecified atom stereocenters. The fourth-order valence-corrected chi connectivity index (χ4v) is 6.84. The fourth-order valence-electron chi connectivity index (χ4n) is 4.81. The van der Waals surface area contributed by atoms with Gasteiger partial charge in [-0.25, -0.2) is 22.7 Å². The number of piperidine rings is 1. The van der Waals surface area contributed by atoms with Gasteiger partial charge in [-0.05, 0) is 56.4 Å². The highest BCUT2D eigenvalue weighted by Gasteiger charge is 2.32. The van der Waals surface area contributed by atoms with Crippen LogP contribution in [-0.4, -0.2) is 59.6 Å². The molecule has 7 nitrogen and oxygen atoms in total. The van der Waals surface area contributed by atoms with Gasteiger partial charge in [0.1, 0.15) is 17.8 Å². The Hall–Kier alpha value is -1.67. The van der Waals surface area contributed by atoms with Crippen molar-refractivity contribution < 1.29 is 8.42 Å². The quantitative estimate of drug-likeness (QED) is 0.827. The number of nitrogens with one attached hydrogen (secondary N) is 1. The lowest BCUT2D eigenvalue weighted by molar-refractivity contribution is 0.275. The van der Waals surface area contributed by atoms with Crippen LogP contribution in [0.5, 0.6) is 0 Å². The molecule has 8 heteroatoms. The van der Waals surface area contributed by atoms with Crippen molar-refractivity contribution in [3.8, 4) is 0 Å². The Balaban J connectivity index is 1.36. The number of fused-ring (bicyclic) bond motifs is 1. The molecule has 4 rings (SSSR count). The first-order chi connectivity index (χ1) is 13.4. The summed E-state index contributed by atoms with van der Waals surface area (Å²) >= 11 is 0. The summed E-state index contributed by atoms with van der Waals surface area (Å²) in [5, 5.41) is 1.04. The third-order valence-electron chi connectivity index (χ3n) is 6.49. The Morgan fingerprint density at radius 3 is 2.75 bits per heavy atom. The average molecular weight is 406 g/mol. The van der Waals surface area contributed by atoms with Gasteiger partial charge in [-0.3, -0.25) is 0 Å². The molecule has 1 saturated carbocycles. The SMILES string of the molecule is C[C@H]1CCCN(S(=O)(=O)C[C@H]2CC[C@H](N(C)c3ncnc4[nH]ccc34)CC2)C1. The molecule has 154 valence electrons. The van der Waals surface area contributed by atoms with Crippen LogP contribution in [0.2, 0.25) is 0 Å². The van der Waals surface area contributed by atoms with Gasteiger partial charge in [0.15, 0.2) is 0 Å². The van der Waals surface area contributed by atoms with Crippen molar-refractivity contribution in [2.75, 3.05) is 30.8 Å². The number of rotatable bonds is 5. The maximum absolute atomic E-state index is 12.8. The van der Waals surface area contributed by atoms with E-state index in [1.807, 2.05) is 12.3 Å². The predicted octanol–water partition coefficient (Wildman–Crippen LogP) is 3.01. The minimum atomic E-state index is -3.13. The van der Waals surface area contributed by atoms with Crippen LogP contribution in [0.25, 0.3) is 11.0 Å². The summed E-state index contributed by atoms with van der Waals surface area (Å²) in [6.45, 7) is 3.54. The smallest absolute Gasteiger partial charge is 0.214 e. The van der Waals surface area contributed by atoms with Gasteiger partial charge in [0, 0.05) is 32.4 Å². The number of H-pyrrole nitrogens is 1. The summed E-state index contributed by atoms with van der Waals surface area (Å²) in [6.07, 6.45) is 9.54. The molecule has 0 bridgehead atoms. The normalized spacial score (nSPS) is 27.1. The number of aromatic amines is 1. The summed E-state index contributed by atoms with van der Waals surface area (Å²) < 4.78 is 27.4. The van der Waals surface area contributed by atoms with Gasteiger partial charge < -0.3 is 9.88 Å². The Labute approximate surface area is 167 Å². The van der Waals surface area contributed by atoms with E-state index in [0.29, 0.717) is 30.8 Å². The lowest BCUT2D eigenvalue weighted by Gasteiger charge is -2.36. The second-order valence-corrected chi connectivity index (χ2v) is 10.6. The fraction of sp³-hybridized carbons (Fsp3) is 0.700. The van der Waals surface area contributed by atoms with Crippen LogP contribution < -0.4 is 4.90 Å². The molecule has 28 heavy (non-hydrogen) atoms. The highest BCUT2D eigenvalue weighted by atomic mass is 32.2. The van der Waals surface area contributed by atoms with Crippen LogP contribution in [0, 0.1) is 11.8 Å². The molecule has 3 heterocycles.